The van der Waals surface area contributed by atoms with E-state index < -0.39 is 0 Å². The fourth-order valence-corrected chi connectivity index (χ4v) is 1.75. The third-order valence-corrected chi connectivity index (χ3v) is 3.40. The normalized spacial score (nSPS) is 21.8. The summed E-state index contributed by atoms with van der Waals surface area (Å²) in [7, 11) is 0. The molecule has 66 valence electrons. The molecular formula is C8H13N3S. The number of anilines is 1. The summed E-state index contributed by atoms with van der Waals surface area (Å²) in [6, 6.07) is 0.541. The number of hydrogen-bond donors (Lipinski definition) is 1. The van der Waals surface area contributed by atoms with E-state index >= 15 is 0 Å². The van der Waals surface area contributed by atoms with Crippen molar-refractivity contribution in [3.63, 3.8) is 0 Å². The van der Waals surface area contributed by atoms with Gasteiger partial charge in [0.1, 0.15) is 5.00 Å². The van der Waals surface area contributed by atoms with Crippen LogP contribution in [0.1, 0.15) is 26.7 Å². The first-order valence-electron chi connectivity index (χ1n) is 4.25. The summed E-state index contributed by atoms with van der Waals surface area (Å²) in [5.74, 6) is 0. The van der Waals surface area contributed by atoms with E-state index in [0.717, 1.165) is 5.00 Å². The van der Waals surface area contributed by atoms with Gasteiger partial charge >= 0.3 is 0 Å². The molecule has 1 saturated carbocycles. The summed E-state index contributed by atoms with van der Waals surface area (Å²) in [5, 5.41) is 8.28. The molecule has 0 amide bonds. The second kappa shape index (κ2) is 2.69. The number of hydrogen-bond acceptors (Lipinski definition) is 4. The Kier molecular flexibility index (Phi) is 1.79. The second-order valence-electron chi connectivity index (χ2n) is 3.80. The largest absolute Gasteiger partial charge is 0.371 e. The Morgan fingerprint density at radius 3 is 2.92 bits per heavy atom. The molecule has 0 aliphatic heterocycles. The Bertz CT molecular complexity index is 253. The van der Waals surface area contributed by atoms with Crippen LogP contribution in [0.25, 0.3) is 0 Å². The summed E-state index contributed by atoms with van der Waals surface area (Å²) in [6.07, 6.45) is 4.47. The molecule has 3 nitrogen and oxygen atoms in total. The highest BCUT2D eigenvalue weighted by molar-refractivity contribution is 7.09. The van der Waals surface area contributed by atoms with E-state index in [1.807, 2.05) is 0 Å². The first kappa shape index (κ1) is 7.98. The topological polar surface area (TPSA) is 37.8 Å². The van der Waals surface area contributed by atoms with E-state index in [0.29, 0.717) is 11.5 Å². The maximum atomic E-state index is 3.81. The molecule has 4 heteroatoms. The van der Waals surface area contributed by atoms with E-state index in [-0.39, 0.29) is 0 Å². The molecule has 1 heterocycles. The minimum Gasteiger partial charge on any atom is -0.371 e. The van der Waals surface area contributed by atoms with Crippen LogP contribution < -0.4 is 5.32 Å². The van der Waals surface area contributed by atoms with Crippen molar-refractivity contribution in [1.29, 1.82) is 0 Å². The highest BCUT2D eigenvalue weighted by atomic mass is 32.1. The monoisotopic (exact) mass is 183 g/mol. The zero-order chi connectivity index (χ0) is 8.60. The SMILES string of the molecule is CC(Nc1cnns1)C1(C)CC1. The zero-order valence-electron chi connectivity index (χ0n) is 7.37. The van der Waals surface area contributed by atoms with E-state index in [4.69, 9.17) is 0 Å². The molecule has 12 heavy (non-hydrogen) atoms. The fraction of sp³-hybridized carbons (Fsp3) is 0.750. The fourth-order valence-electron chi connectivity index (χ4n) is 1.25. The number of rotatable bonds is 3. The minimum absolute atomic E-state index is 0.518. The van der Waals surface area contributed by atoms with Gasteiger partial charge in [-0.15, -0.1) is 5.10 Å². The second-order valence-corrected chi connectivity index (χ2v) is 4.59. The first-order valence-corrected chi connectivity index (χ1v) is 5.02. The van der Waals surface area contributed by atoms with Crippen LogP contribution in [0.5, 0.6) is 0 Å². The Morgan fingerprint density at radius 1 is 1.67 bits per heavy atom. The molecule has 1 aromatic rings. The van der Waals surface area contributed by atoms with Gasteiger partial charge in [0, 0.05) is 17.6 Å². The lowest BCUT2D eigenvalue weighted by Gasteiger charge is -2.19. The smallest absolute Gasteiger partial charge is 0.130 e. The zero-order valence-corrected chi connectivity index (χ0v) is 8.19. The standard InChI is InChI=1S/C8H13N3S/c1-6(8(2)3-4-8)10-7-5-9-11-12-7/h5-6,10H,3-4H2,1-2H3. The number of aromatic nitrogens is 2. The maximum Gasteiger partial charge on any atom is 0.130 e. The van der Waals surface area contributed by atoms with Crippen LogP contribution in [0, 0.1) is 5.41 Å². The average Bonchev–Trinajstić information content (AvgIpc) is 2.63. The summed E-state index contributed by atoms with van der Waals surface area (Å²) in [6.45, 7) is 4.55. The molecule has 0 spiro atoms. The summed E-state index contributed by atoms with van der Waals surface area (Å²) in [4.78, 5) is 0. The molecule has 1 aliphatic carbocycles. The molecule has 1 atom stereocenters. The lowest BCUT2D eigenvalue weighted by molar-refractivity contribution is 0.494. The summed E-state index contributed by atoms with van der Waals surface area (Å²) >= 11 is 1.42. The first-order chi connectivity index (χ1) is 5.71. The molecule has 1 aromatic heterocycles. The molecule has 0 radical (unpaired) electrons. The van der Waals surface area contributed by atoms with Crippen molar-refractivity contribution >= 4 is 16.5 Å². The Labute approximate surface area is 76.4 Å². The van der Waals surface area contributed by atoms with Gasteiger partial charge in [0.05, 0.1) is 6.20 Å². The van der Waals surface area contributed by atoms with Gasteiger partial charge in [0.15, 0.2) is 0 Å². The van der Waals surface area contributed by atoms with Crippen molar-refractivity contribution in [2.45, 2.75) is 32.7 Å². The van der Waals surface area contributed by atoms with Crippen molar-refractivity contribution < 1.29 is 0 Å². The molecule has 1 N–H and O–H groups in total. The highest BCUT2D eigenvalue weighted by Crippen LogP contribution is 2.48. The molecular weight excluding hydrogens is 170 g/mol. The molecule has 1 fully saturated rings. The van der Waals surface area contributed by atoms with Crippen LogP contribution >= 0.6 is 11.5 Å². The number of nitrogens with one attached hydrogen (secondary N) is 1. The van der Waals surface area contributed by atoms with E-state index in [9.17, 15) is 0 Å². The summed E-state index contributed by atoms with van der Waals surface area (Å²) < 4.78 is 3.81. The Morgan fingerprint density at radius 2 is 2.42 bits per heavy atom. The van der Waals surface area contributed by atoms with Crippen molar-refractivity contribution in [3.05, 3.63) is 6.20 Å². The molecule has 2 rings (SSSR count). The number of nitrogens with zero attached hydrogens (tertiary/aromatic N) is 2. The van der Waals surface area contributed by atoms with Gasteiger partial charge in [0.2, 0.25) is 0 Å². The van der Waals surface area contributed by atoms with Gasteiger partial charge in [-0.05, 0) is 25.2 Å². The molecule has 0 saturated heterocycles. The highest BCUT2D eigenvalue weighted by Gasteiger charge is 2.42. The lowest BCUT2D eigenvalue weighted by atomic mass is 10.0. The van der Waals surface area contributed by atoms with Gasteiger partial charge in [-0.25, -0.2) is 0 Å². The predicted molar refractivity (Wildman–Crippen MR) is 50.3 cm³/mol. The van der Waals surface area contributed by atoms with E-state index in [1.165, 1.54) is 24.4 Å². The van der Waals surface area contributed by atoms with Crippen molar-refractivity contribution in [1.82, 2.24) is 9.59 Å². The summed E-state index contributed by atoms with van der Waals surface area (Å²) in [5.41, 5.74) is 0.518. The van der Waals surface area contributed by atoms with Gasteiger partial charge in [-0.1, -0.05) is 11.4 Å². The van der Waals surface area contributed by atoms with Crippen molar-refractivity contribution in [3.8, 4) is 0 Å². The van der Waals surface area contributed by atoms with Crippen molar-refractivity contribution in [2.75, 3.05) is 5.32 Å². The Balaban J connectivity index is 1.95. The van der Waals surface area contributed by atoms with Crippen LogP contribution in [0.3, 0.4) is 0 Å². The third-order valence-electron chi connectivity index (χ3n) is 2.80. The van der Waals surface area contributed by atoms with Crippen LogP contribution in [0.15, 0.2) is 6.20 Å². The maximum absolute atomic E-state index is 3.81. The van der Waals surface area contributed by atoms with E-state index in [1.54, 1.807) is 6.20 Å². The van der Waals surface area contributed by atoms with Gasteiger partial charge in [-0.3, -0.25) is 0 Å². The van der Waals surface area contributed by atoms with Gasteiger partial charge < -0.3 is 5.32 Å². The van der Waals surface area contributed by atoms with Crippen LogP contribution in [0.2, 0.25) is 0 Å². The van der Waals surface area contributed by atoms with Crippen molar-refractivity contribution in [2.24, 2.45) is 5.41 Å². The predicted octanol–water partition coefficient (Wildman–Crippen LogP) is 2.14. The Hall–Kier alpha value is -0.640. The molecule has 1 aliphatic rings. The van der Waals surface area contributed by atoms with Gasteiger partial charge in [-0.2, -0.15) is 0 Å². The molecule has 1 unspecified atom stereocenters. The quantitative estimate of drug-likeness (QED) is 0.780. The molecule has 0 bridgehead atoms. The van der Waals surface area contributed by atoms with E-state index in [2.05, 4.69) is 28.8 Å². The lowest BCUT2D eigenvalue weighted by Crippen LogP contribution is -2.24. The van der Waals surface area contributed by atoms with Crippen LogP contribution in [0.4, 0.5) is 5.00 Å². The van der Waals surface area contributed by atoms with Crippen LogP contribution in [-0.2, 0) is 0 Å². The van der Waals surface area contributed by atoms with Crippen LogP contribution in [-0.4, -0.2) is 15.6 Å². The minimum atomic E-state index is 0.518. The average molecular weight is 183 g/mol. The third kappa shape index (κ3) is 1.43. The van der Waals surface area contributed by atoms with Gasteiger partial charge in [0.25, 0.3) is 0 Å². The molecule has 0 aromatic carbocycles.